The van der Waals surface area contributed by atoms with E-state index in [1.807, 2.05) is 6.08 Å². The Hall–Kier alpha value is -1.55. The number of allylic oxidation sites excluding steroid dienone is 2. The fourth-order valence-corrected chi connectivity index (χ4v) is 3.28. The van der Waals surface area contributed by atoms with E-state index in [0.717, 1.165) is 24.7 Å². The van der Waals surface area contributed by atoms with Gasteiger partial charge in [-0.25, -0.2) is 0 Å². The minimum absolute atomic E-state index is 0.770. The lowest BCUT2D eigenvalue weighted by atomic mass is 9.77. The third-order valence-electron chi connectivity index (χ3n) is 4.64. The molecule has 106 valence electrons. The molecule has 1 nitrogen and oxygen atoms in total. The van der Waals surface area contributed by atoms with Gasteiger partial charge in [0.05, 0.1) is 6.07 Å². The fourth-order valence-electron chi connectivity index (χ4n) is 3.28. The number of benzene rings is 1. The largest absolute Gasteiger partial charge is 0.193 e. The number of rotatable bonds is 5. The third kappa shape index (κ3) is 4.23. The van der Waals surface area contributed by atoms with Gasteiger partial charge in [-0.2, -0.15) is 5.26 Å². The molecule has 0 amide bonds. The molecule has 0 aliphatic heterocycles. The van der Waals surface area contributed by atoms with Gasteiger partial charge in [0.15, 0.2) is 0 Å². The maximum absolute atomic E-state index is 8.46. The summed E-state index contributed by atoms with van der Waals surface area (Å²) in [5, 5.41) is 8.46. The molecule has 0 aromatic heterocycles. The smallest absolute Gasteiger partial charge is 0.0908 e. The molecule has 1 aromatic rings. The lowest BCUT2D eigenvalue weighted by Crippen LogP contribution is -2.13. The monoisotopic (exact) mass is 267 g/mol. The summed E-state index contributed by atoms with van der Waals surface area (Å²) in [6.07, 6.45) is 12.4. The van der Waals surface area contributed by atoms with Crippen molar-refractivity contribution in [3.63, 3.8) is 0 Å². The summed E-state index contributed by atoms with van der Waals surface area (Å²) in [4.78, 5) is 0. The number of nitriles is 1. The number of hydrogen-bond donors (Lipinski definition) is 0. The zero-order valence-electron chi connectivity index (χ0n) is 12.5. The van der Waals surface area contributed by atoms with Gasteiger partial charge < -0.3 is 0 Å². The first kappa shape index (κ1) is 14.9. The Kier molecular flexibility index (Phi) is 5.87. The summed E-state index contributed by atoms with van der Waals surface area (Å²) in [6.45, 7) is 2.21. The van der Waals surface area contributed by atoms with Gasteiger partial charge in [-0.05, 0) is 67.9 Å². The van der Waals surface area contributed by atoms with E-state index < -0.39 is 0 Å². The fraction of sp³-hybridized carbons (Fsp3) is 0.526. The lowest BCUT2D eigenvalue weighted by Gasteiger charge is -2.28. The highest BCUT2D eigenvalue weighted by Crippen LogP contribution is 2.37. The van der Waals surface area contributed by atoms with Crippen molar-refractivity contribution in [3.8, 4) is 6.07 Å². The highest BCUT2D eigenvalue weighted by molar-refractivity contribution is 5.25. The number of aryl methyl sites for hydroxylation is 1. The Morgan fingerprint density at radius 3 is 2.45 bits per heavy atom. The van der Waals surface area contributed by atoms with Crippen molar-refractivity contribution >= 4 is 0 Å². The van der Waals surface area contributed by atoms with Gasteiger partial charge in [0.2, 0.25) is 0 Å². The Morgan fingerprint density at radius 1 is 1.15 bits per heavy atom. The second-order valence-corrected chi connectivity index (χ2v) is 5.92. The predicted molar refractivity (Wildman–Crippen MR) is 84.5 cm³/mol. The van der Waals surface area contributed by atoms with Gasteiger partial charge in [-0.3, -0.25) is 0 Å². The molecular formula is C19H25N. The Morgan fingerprint density at radius 2 is 1.85 bits per heavy atom. The van der Waals surface area contributed by atoms with E-state index in [0.29, 0.717) is 0 Å². The molecule has 1 aliphatic rings. The van der Waals surface area contributed by atoms with Crippen molar-refractivity contribution in [2.24, 2.45) is 5.92 Å². The maximum Gasteiger partial charge on any atom is 0.0908 e. The first-order chi connectivity index (χ1) is 9.83. The molecule has 1 saturated carbocycles. The van der Waals surface area contributed by atoms with Crippen LogP contribution >= 0.6 is 0 Å². The molecule has 0 atom stereocenters. The Bertz CT molecular complexity index is 456. The van der Waals surface area contributed by atoms with E-state index in [4.69, 9.17) is 5.26 Å². The molecule has 0 heterocycles. The van der Waals surface area contributed by atoms with Crippen molar-refractivity contribution in [3.05, 3.63) is 47.5 Å². The third-order valence-corrected chi connectivity index (χ3v) is 4.64. The van der Waals surface area contributed by atoms with Crippen molar-refractivity contribution in [1.29, 1.82) is 5.26 Å². The standard InChI is InChI=1S/C19H25N/c1-2-16-7-11-18(12-8-16)19-13-9-17(10-14-19)6-4-3-5-15-20/h3,5,7-8,11-12,17,19H,2,4,6,9-10,13-14H2,1H3/b5-3+/t17-,19-. The Labute approximate surface area is 123 Å². The first-order valence-corrected chi connectivity index (χ1v) is 7.97. The molecule has 0 saturated heterocycles. The van der Waals surface area contributed by atoms with Crippen LogP contribution in [0.3, 0.4) is 0 Å². The molecule has 0 bridgehead atoms. The van der Waals surface area contributed by atoms with E-state index in [-0.39, 0.29) is 0 Å². The van der Waals surface area contributed by atoms with Crippen LogP contribution in [0.4, 0.5) is 0 Å². The molecule has 20 heavy (non-hydrogen) atoms. The van der Waals surface area contributed by atoms with Crippen LogP contribution in [-0.4, -0.2) is 0 Å². The van der Waals surface area contributed by atoms with Crippen LogP contribution in [0.5, 0.6) is 0 Å². The highest BCUT2D eigenvalue weighted by Gasteiger charge is 2.21. The van der Waals surface area contributed by atoms with Crippen molar-refractivity contribution in [1.82, 2.24) is 0 Å². The Balaban J connectivity index is 1.78. The van der Waals surface area contributed by atoms with Crippen LogP contribution in [0.15, 0.2) is 36.4 Å². The van der Waals surface area contributed by atoms with E-state index in [2.05, 4.69) is 37.3 Å². The first-order valence-electron chi connectivity index (χ1n) is 7.97. The summed E-state index contributed by atoms with van der Waals surface area (Å²) in [7, 11) is 0. The van der Waals surface area contributed by atoms with Crippen LogP contribution in [0, 0.1) is 17.2 Å². The molecule has 1 fully saturated rings. The summed E-state index contributed by atoms with van der Waals surface area (Å²) >= 11 is 0. The average Bonchev–Trinajstić information content (AvgIpc) is 2.52. The SMILES string of the molecule is CCc1ccc([C@H]2CC[C@H](CC/C=C/C#N)CC2)cc1. The molecule has 0 N–H and O–H groups in total. The molecule has 2 rings (SSSR count). The second-order valence-electron chi connectivity index (χ2n) is 5.92. The van der Waals surface area contributed by atoms with Gasteiger partial charge in [-0.15, -0.1) is 0 Å². The number of hydrogen-bond acceptors (Lipinski definition) is 1. The van der Waals surface area contributed by atoms with Gasteiger partial charge >= 0.3 is 0 Å². The normalized spacial score (nSPS) is 22.8. The van der Waals surface area contributed by atoms with E-state index in [1.165, 1.54) is 43.2 Å². The zero-order valence-corrected chi connectivity index (χ0v) is 12.5. The van der Waals surface area contributed by atoms with Gasteiger partial charge in [0.1, 0.15) is 0 Å². The van der Waals surface area contributed by atoms with Gasteiger partial charge in [0.25, 0.3) is 0 Å². The molecular weight excluding hydrogens is 242 g/mol. The van der Waals surface area contributed by atoms with Crippen LogP contribution in [0.25, 0.3) is 0 Å². The van der Waals surface area contributed by atoms with Crippen LogP contribution < -0.4 is 0 Å². The zero-order chi connectivity index (χ0) is 14.2. The summed E-state index contributed by atoms with van der Waals surface area (Å²) < 4.78 is 0. The quantitative estimate of drug-likeness (QED) is 0.657. The summed E-state index contributed by atoms with van der Waals surface area (Å²) in [6, 6.07) is 11.3. The average molecular weight is 267 g/mol. The molecule has 0 unspecified atom stereocenters. The molecule has 0 radical (unpaired) electrons. The summed E-state index contributed by atoms with van der Waals surface area (Å²) in [5.74, 6) is 1.64. The second kappa shape index (κ2) is 7.90. The number of nitrogens with zero attached hydrogens (tertiary/aromatic N) is 1. The summed E-state index contributed by atoms with van der Waals surface area (Å²) in [5.41, 5.74) is 2.97. The minimum Gasteiger partial charge on any atom is -0.193 e. The molecule has 1 aromatic carbocycles. The van der Waals surface area contributed by atoms with Crippen LogP contribution in [0.1, 0.15) is 62.5 Å². The lowest BCUT2D eigenvalue weighted by molar-refractivity contribution is 0.312. The predicted octanol–water partition coefficient (Wildman–Crippen LogP) is 5.38. The van der Waals surface area contributed by atoms with Gasteiger partial charge in [-0.1, -0.05) is 37.3 Å². The van der Waals surface area contributed by atoms with Crippen molar-refractivity contribution in [2.45, 2.75) is 57.8 Å². The maximum atomic E-state index is 8.46. The van der Waals surface area contributed by atoms with Crippen LogP contribution in [0.2, 0.25) is 0 Å². The van der Waals surface area contributed by atoms with Crippen LogP contribution in [-0.2, 0) is 6.42 Å². The van der Waals surface area contributed by atoms with E-state index in [9.17, 15) is 0 Å². The van der Waals surface area contributed by atoms with Gasteiger partial charge in [0, 0.05) is 6.08 Å². The van der Waals surface area contributed by atoms with E-state index >= 15 is 0 Å². The molecule has 0 spiro atoms. The minimum atomic E-state index is 0.770. The van der Waals surface area contributed by atoms with E-state index in [1.54, 1.807) is 6.08 Å². The molecule has 1 aliphatic carbocycles. The topological polar surface area (TPSA) is 23.8 Å². The van der Waals surface area contributed by atoms with Crippen molar-refractivity contribution < 1.29 is 0 Å². The molecule has 1 heteroatoms. The van der Waals surface area contributed by atoms with Crippen molar-refractivity contribution in [2.75, 3.05) is 0 Å². The highest BCUT2D eigenvalue weighted by atomic mass is 14.3.